The van der Waals surface area contributed by atoms with Crippen LogP contribution in [0.5, 0.6) is 0 Å². The summed E-state index contributed by atoms with van der Waals surface area (Å²) in [6, 6.07) is 5.56. The van der Waals surface area contributed by atoms with Crippen molar-refractivity contribution >= 4 is 35.0 Å². The van der Waals surface area contributed by atoms with Crippen molar-refractivity contribution in [1.29, 1.82) is 0 Å². The molecule has 5 saturated carbocycles. The van der Waals surface area contributed by atoms with E-state index in [1.54, 1.807) is 12.1 Å². The van der Waals surface area contributed by atoms with Crippen LogP contribution in [0.15, 0.2) is 18.2 Å². The number of primary amides is 1. The van der Waals surface area contributed by atoms with Crippen molar-refractivity contribution in [2.24, 2.45) is 28.9 Å². The van der Waals surface area contributed by atoms with Crippen molar-refractivity contribution in [3.05, 3.63) is 33.8 Å². The zero-order chi connectivity index (χ0) is 19.0. The summed E-state index contributed by atoms with van der Waals surface area (Å²) in [6.45, 7) is 0. The maximum Gasteiger partial charge on any atom is 0.230 e. The predicted molar refractivity (Wildman–Crippen MR) is 104 cm³/mol. The molecule has 0 radical (unpaired) electrons. The van der Waals surface area contributed by atoms with Crippen LogP contribution in [0.4, 0.5) is 0 Å². The Morgan fingerprint density at radius 1 is 1.07 bits per heavy atom. The molecule has 5 aliphatic carbocycles. The molecule has 3 unspecified atom stereocenters. The second-order valence-electron chi connectivity index (χ2n) is 9.32. The molecule has 0 aliphatic heterocycles. The second-order valence-corrected chi connectivity index (χ2v) is 10.2. The Morgan fingerprint density at radius 3 is 2.30 bits per heavy atom. The first-order valence-electron chi connectivity index (χ1n) is 9.89. The molecule has 0 aromatic heterocycles. The van der Waals surface area contributed by atoms with Crippen molar-refractivity contribution in [2.75, 3.05) is 0 Å². The molecule has 5 aliphatic rings. The largest absolute Gasteiger partial charge is 0.369 e. The first-order chi connectivity index (χ1) is 12.8. The van der Waals surface area contributed by atoms with Gasteiger partial charge in [-0.15, -0.1) is 0 Å². The van der Waals surface area contributed by atoms with Crippen LogP contribution < -0.4 is 11.1 Å². The van der Waals surface area contributed by atoms with Crippen LogP contribution in [0, 0.1) is 23.2 Å². The summed E-state index contributed by atoms with van der Waals surface area (Å²) >= 11 is 12.4. The minimum Gasteiger partial charge on any atom is -0.369 e. The number of hydrogen-bond acceptors (Lipinski definition) is 2. The van der Waals surface area contributed by atoms with Gasteiger partial charge in [-0.2, -0.15) is 0 Å². The third-order valence-corrected chi connectivity index (χ3v) is 8.27. The van der Waals surface area contributed by atoms with Crippen molar-refractivity contribution < 1.29 is 9.59 Å². The predicted octanol–water partition coefficient (Wildman–Crippen LogP) is 3.82. The number of halogens is 2. The van der Waals surface area contributed by atoms with E-state index in [1.165, 1.54) is 0 Å². The van der Waals surface area contributed by atoms with E-state index in [4.69, 9.17) is 28.9 Å². The molecule has 0 heterocycles. The summed E-state index contributed by atoms with van der Waals surface area (Å²) in [5.74, 6) is 1.26. The lowest BCUT2D eigenvalue weighted by atomic mass is 9.47. The van der Waals surface area contributed by atoms with Gasteiger partial charge in [-0.05, 0) is 80.4 Å². The highest BCUT2D eigenvalue weighted by Gasteiger charge is 2.60. The molecule has 27 heavy (non-hydrogen) atoms. The molecule has 1 aromatic carbocycles. The van der Waals surface area contributed by atoms with Gasteiger partial charge in [0.2, 0.25) is 11.8 Å². The summed E-state index contributed by atoms with van der Waals surface area (Å²) in [6.07, 6.45) is 6.44. The maximum atomic E-state index is 13.3. The molecule has 0 spiro atoms. The molecular formula is C21H24Cl2N2O2. The number of nitrogens with one attached hydrogen (secondary N) is 1. The van der Waals surface area contributed by atoms with Gasteiger partial charge in [0.1, 0.15) is 0 Å². The lowest BCUT2D eigenvalue weighted by Gasteiger charge is -2.59. The minimum absolute atomic E-state index is 0.0809. The highest BCUT2D eigenvalue weighted by Crippen LogP contribution is 2.60. The van der Waals surface area contributed by atoms with Crippen molar-refractivity contribution in [3.63, 3.8) is 0 Å². The minimum atomic E-state index is -0.516. The number of carbonyl (C=O) groups is 2. The molecule has 2 amide bonds. The molecule has 4 nitrogen and oxygen atoms in total. The van der Waals surface area contributed by atoms with Crippen LogP contribution in [0.3, 0.4) is 0 Å². The monoisotopic (exact) mass is 406 g/mol. The topological polar surface area (TPSA) is 72.2 Å². The van der Waals surface area contributed by atoms with Crippen LogP contribution in [0.2, 0.25) is 10.0 Å². The molecule has 0 saturated heterocycles. The normalized spacial score (nSPS) is 37.9. The zero-order valence-electron chi connectivity index (χ0n) is 15.1. The van der Waals surface area contributed by atoms with E-state index in [0.717, 1.165) is 50.5 Å². The fourth-order valence-corrected chi connectivity index (χ4v) is 7.06. The van der Waals surface area contributed by atoms with Crippen molar-refractivity contribution in [1.82, 2.24) is 5.32 Å². The quantitative estimate of drug-likeness (QED) is 0.797. The Kier molecular flexibility index (Phi) is 3.87. The number of rotatable bonds is 4. The molecule has 3 N–H and O–H groups in total. The van der Waals surface area contributed by atoms with Gasteiger partial charge in [-0.1, -0.05) is 29.3 Å². The van der Waals surface area contributed by atoms with E-state index < -0.39 is 5.41 Å². The molecule has 5 fully saturated rings. The lowest BCUT2D eigenvalue weighted by molar-refractivity contribution is -0.147. The summed E-state index contributed by atoms with van der Waals surface area (Å²) in [5, 5.41) is 4.52. The average Bonchev–Trinajstić information content (AvgIpc) is 3.39. The average molecular weight is 407 g/mol. The summed E-state index contributed by atoms with van der Waals surface area (Å²) in [7, 11) is 0. The molecule has 6 rings (SSSR count). The van der Waals surface area contributed by atoms with E-state index in [1.807, 2.05) is 6.07 Å². The van der Waals surface area contributed by atoms with Crippen LogP contribution in [-0.2, 0) is 15.0 Å². The highest BCUT2D eigenvalue weighted by atomic mass is 35.5. The number of amides is 2. The van der Waals surface area contributed by atoms with Gasteiger partial charge in [-0.3, -0.25) is 9.59 Å². The molecule has 144 valence electrons. The summed E-state index contributed by atoms with van der Waals surface area (Å²) in [4.78, 5) is 25.4. The smallest absolute Gasteiger partial charge is 0.230 e. The van der Waals surface area contributed by atoms with Gasteiger partial charge >= 0.3 is 0 Å². The van der Waals surface area contributed by atoms with Crippen LogP contribution in [0.1, 0.15) is 50.5 Å². The Balaban J connectivity index is 1.37. The summed E-state index contributed by atoms with van der Waals surface area (Å²) in [5.41, 5.74) is 5.81. The maximum absolute atomic E-state index is 13.3. The zero-order valence-corrected chi connectivity index (χ0v) is 16.7. The first-order valence-corrected chi connectivity index (χ1v) is 10.6. The van der Waals surface area contributed by atoms with E-state index in [0.29, 0.717) is 27.8 Å². The number of nitrogens with two attached hydrogens (primary N) is 1. The van der Waals surface area contributed by atoms with E-state index in [9.17, 15) is 9.59 Å². The molecule has 6 heteroatoms. The Hall–Kier alpha value is -1.26. The van der Waals surface area contributed by atoms with E-state index >= 15 is 0 Å². The van der Waals surface area contributed by atoms with Gasteiger partial charge in [0.25, 0.3) is 0 Å². The van der Waals surface area contributed by atoms with Crippen LogP contribution in [0.25, 0.3) is 0 Å². The third-order valence-electron chi connectivity index (χ3n) is 7.72. The van der Waals surface area contributed by atoms with E-state index in [2.05, 4.69) is 5.32 Å². The highest BCUT2D eigenvalue weighted by molar-refractivity contribution is 6.35. The molecule has 1 aromatic rings. The number of benzene rings is 1. The number of carbonyl (C=O) groups excluding carboxylic acids is 2. The van der Waals surface area contributed by atoms with Crippen molar-refractivity contribution in [3.8, 4) is 0 Å². The number of hydrogen-bond donors (Lipinski definition) is 2. The third kappa shape index (κ3) is 2.63. The fourth-order valence-electron chi connectivity index (χ4n) is 6.47. The standard InChI is InChI=1S/C21H24Cl2N2O2/c22-14-1-2-15(16(23)7-14)21(3-4-21)19(27)25-17-12-5-11-6-13(17)10-20(8-11,9-12)18(24)26/h1-2,7,11-13,17H,3-6,8-10H2,(H2,24,26)(H,25,27)/t11?,12-,13+,17?,20?. The Morgan fingerprint density at radius 2 is 1.74 bits per heavy atom. The van der Waals surface area contributed by atoms with Gasteiger partial charge < -0.3 is 11.1 Å². The summed E-state index contributed by atoms with van der Waals surface area (Å²) < 4.78 is 0. The van der Waals surface area contributed by atoms with Gasteiger partial charge in [-0.25, -0.2) is 0 Å². The molecule has 4 bridgehead atoms. The second kappa shape index (κ2) is 5.87. The van der Waals surface area contributed by atoms with Crippen LogP contribution in [-0.4, -0.2) is 17.9 Å². The Bertz CT molecular complexity index is 819. The van der Waals surface area contributed by atoms with E-state index in [-0.39, 0.29) is 23.3 Å². The van der Waals surface area contributed by atoms with Crippen LogP contribution >= 0.6 is 23.2 Å². The lowest BCUT2D eigenvalue weighted by Crippen LogP contribution is -2.62. The SMILES string of the molecule is NC(=O)C12CC3C[C@H](C1)C(NC(=O)C1(c4ccc(Cl)cc4Cl)CC1)[C@@H](C3)C2. The molecular weight excluding hydrogens is 383 g/mol. The Labute approximate surface area is 169 Å². The first kappa shape index (κ1) is 17.8. The fraction of sp³-hybridized carbons (Fsp3) is 0.619. The van der Waals surface area contributed by atoms with Gasteiger partial charge in [0, 0.05) is 21.5 Å². The van der Waals surface area contributed by atoms with Gasteiger partial charge in [0.05, 0.1) is 5.41 Å². The van der Waals surface area contributed by atoms with Crippen molar-refractivity contribution in [2.45, 2.75) is 56.4 Å². The molecule has 5 atom stereocenters. The van der Waals surface area contributed by atoms with Gasteiger partial charge in [0.15, 0.2) is 0 Å².